The lowest BCUT2D eigenvalue weighted by molar-refractivity contribution is -0.139. The highest BCUT2D eigenvalue weighted by molar-refractivity contribution is 7.99. The van der Waals surface area contributed by atoms with Crippen LogP contribution in [0.2, 0.25) is 0 Å². The second kappa shape index (κ2) is 8.90. The maximum atomic E-state index is 13.1. The SMILES string of the molecule is CN(Cc1ccccc1C(F)(F)F)C(=O)CCC(=O)N1CCSc2ccccc21. The van der Waals surface area contributed by atoms with Crippen molar-refractivity contribution in [2.24, 2.45) is 0 Å². The fourth-order valence-corrected chi connectivity index (χ4v) is 4.24. The summed E-state index contributed by atoms with van der Waals surface area (Å²) >= 11 is 1.68. The first kappa shape index (κ1) is 21.2. The molecule has 0 atom stereocenters. The van der Waals surface area contributed by atoms with E-state index in [0.29, 0.717) is 6.54 Å². The van der Waals surface area contributed by atoms with E-state index in [1.807, 2.05) is 24.3 Å². The van der Waals surface area contributed by atoms with Crippen molar-refractivity contribution in [3.8, 4) is 0 Å². The molecule has 154 valence electrons. The average Bonchev–Trinajstić information content (AvgIpc) is 2.70. The highest BCUT2D eigenvalue weighted by Gasteiger charge is 2.33. The highest BCUT2D eigenvalue weighted by Crippen LogP contribution is 2.35. The summed E-state index contributed by atoms with van der Waals surface area (Å²) in [5.41, 5.74) is 0.121. The van der Waals surface area contributed by atoms with Gasteiger partial charge in [-0.15, -0.1) is 11.8 Å². The number of nitrogens with zero attached hydrogens (tertiary/aromatic N) is 2. The van der Waals surface area contributed by atoms with Crippen LogP contribution in [-0.4, -0.2) is 36.1 Å². The maximum absolute atomic E-state index is 13.1. The van der Waals surface area contributed by atoms with Gasteiger partial charge in [-0.3, -0.25) is 9.59 Å². The van der Waals surface area contributed by atoms with Gasteiger partial charge in [0.15, 0.2) is 0 Å². The highest BCUT2D eigenvalue weighted by atomic mass is 32.2. The van der Waals surface area contributed by atoms with Crippen molar-refractivity contribution in [3.63, 3.8) is 0 Å². The molecule has 0 N–H and O–H groups in total. The molecule has 29 heavy (non-hydrogen) atoms. The zero-order valence-electron chi connectivity index (χ0n) is 15.9. The molecule has 4 nitrogen and oxygen atoms in total. The predicted octanol–water partition coefficient (Wildman–Crippen LogP) is 4.58. The molecule has 1 aliphatic heterocycles. The second-order valence-corrected chi connectivity index (χ2v) is 7.90. The van der Waals surface area contributed by atoms with Gasteiger partial charge in [0.25, 0.3) is 0 Å². The Labute approximate surface area is 171 Å². The summed E-state index contributed by atoms with van der Waals surface area (Å²) < 4.78 is 39.4. The van der Waals surface area contributed by atoms with E-state index in [1.165, 1.54) is 30.1 Å². The van der Waals surface area contributed by atoms with Gasteiger partial charge in [0.1, 0.15) is 0 Å². The Kier molecular flexibility index (Phi) is 6.52. The Bertz CT molecular complexity index is 901. The molecule has 2 amide bonds. The minimum absolute atomic E-state index is 0.0170. The van der Waals surface area contributed by atoms with Crippen LogP contribution in [0.25, 0.3) is 0 Å². The number of thioether (sulfide) groups is 1. The molecule has 0 saturated carbocycles. The van der Waals surface area contributed by atoms with Crippen LogP contribution in [0.3, 0.4) is 0 Å². The predicted molar refractivity (Wildman–Crippen MR) is 107 cm³/mol. The van der Waals surface area contributed by atoms with Crippen molar-refractivity contribution in [1.29, 1.82) is 0 Å². The largest absolute Gasteiger partial charge is 0.416 e. The first-order valence-electron chi connectivity index (χ1n) is 9.18. The minimum Gasteiger partial charge on any atom is -0.341 e. The van der Waals surface area contributed by atoms with Crippen LogP contribution in [-0.2, 0) is 22.3 Å². The number of hydrogen-bond acceptors (Lipinski definition) is 3. The van der Waals surface area contributed by atoms with E-state index in [0.717, 1.165) is 22.4 Å². The summed E-state index contributed by atoms with van der Waals surface area (Å²) in [5, 5.41) is 0. The Morgan fingerprint density at radius 1 is 1.07 bits per heavy atom. The van der Waals surface area contributed by atoms with E-state index in [-0.39, 0.29) is 36.8 Å². The molecule has 0 aromatic heterocycles. The quantitative estimate of drug-likeness (QED) is 0.708. The number of para-hydroxylation sites is 1. The van der Waals surface area contributed by atoms with Gasteiger partial charge in [-0.1, -0.05) is 30.3 Å². The number of carbonyl (C=O) groups is 2. The number of anilines is 1. The van der Waals surface area contributed by atoms with Gasteiger partial charge >= 0.3 is 6.18 Å². The fraction of sp³-hybridized carbons (Fsp3) is 0.333. The number of rotatable bonds is 5. The van der Waals surface area contributed by atoms with Crippen molar-refractivity contribution in [2.45, 2.75) is 30.5 Å². The molecule has 8 heteroatoms. The molecule has 0 radical (unpaired) electrons. The van der Waals surface area contributed by atoms with E-state index in [1.54, 1.807) is 16.7 Å². The summed E-state index contributed by atoms with van der Waals surface area (Å²) in [6.45, 7) is 0.412. The molecule has 0 fully saturated rings. The first-order valence-corrected chi connectivity index (χ1v) is 10.2. The molecule has 0 bridgehead atoms. The Morgan fingerprint density at radius 3 is 2.52 bits per heavy atom. The van der Waals surface area contributed by atoms with E-state index < -0.39 is 11.7 Å². The van der Waals surface area contributed by atoms with E-state index in [4.69, 9.17) is 0 Å². The lowest BCUT2D eigenvalue weighted by Crippen LogP contribution is -2.36. The zero-order chi connectivity index (χ0) is 21.0. The van der Waals surface area contributed by atoms with E-state index in [2.05, 4.69) is 0 Å². The smallest absolute Gasteiger partial charge is 0.341 e. The number of benzene rings is 2. The molecular weight excluding hydrogens is 401 g/mol. The standard InChI is InChI=1S/C21H21F3N2O2S/c1-25(14-15-6-2-3-7-16(15)21(22,23)24)19(27)10-11-20(28)26-12-13-29-18-9-5-4-8-17(18)26/h2-9H,10-14H2,1H3. The van der Waals surface area contributed by atoms with Gasteiger partial charge < -0.3 is 9.80 Å². The zero-order valence-corrected chi connectivity index (χ0v) is 16.7. The van der Waals surface area contributed by atoms with Crippen LogP contribution < -0.4 is 4.90 Å². The number of halogens is 3. The molecule has 0 unspecified atom stereocenters. The monoisotopic (exact) mass is 422 g/mol. The average molecular weight is 422 g/mol. The van der Waals surface area contributed by atoms with Crippen molar-refractivity contribution in [2.75, 3.05) is 24.2 Å². The normalized spacial score (nSPS) is 13.7. The first-order chi connectivity index (χ1) is 13.8. The Balaban J connectivity index is 1.60. The maximum Gasteiger partial charge on any atom is 0.416 e. The third-order valence-electron chi connectivity index (χ3n) is 4.74. The molecule has 2 aromatic rings. The molecule has 0 saturated heterocycles. The summed E-state index contributed by atoms with van der Waals surface area (Å²) in [5.74, 6) is 0.260. The molecule has 0 spiro atoms. The summed E-state index contributed by atoms with van der Waals surface area (Å²) in [7, 11) is 1.45. The third kappa shape index (κ3) is 5.12. The van der Waals surface area contributed by atoms with Gasteiger partial charge in [0.05, 0.1) is 11.3 Å². The number of alkyl halides is 3. The lowest BCUT2D eigenvalue weighted by Gasteiger charge is -2.29. The van der Waals surface area contributed by atoms with E-state index >= 15 is 0 Å². The van der Waals surface area contributed by atoms with Crippen molar-refractivity contribution in [3.05, 3.63) is 59.7 Å². The number of carbonyl (C=O) groups excluding carboxylic acids is 2. The van der Waals surface area contributed by atoms with Gasteiger partial charge in [0.2, 0.25) is 11.8 Å². The summed E-state index contributed by atoms with van der Waals surface area (Å²) in [6.07, 6.45) is -4.51. The Hall–Kier alpha value is -2.48. The minimum atomic E-state index is -4.48. The van der Waals surface area contributed by atoms with Crippen LogP contribution in [0, 0.1) is 0 Å². The third-order valence-corrected chi connectivity index (χ3v) is 5.78. The van der Waals surface area contributed by atoms with Gasteiger partial charge in [-0.25, -0.2) is 0 Å². The number of fused-ring (bicyclic) bond motifs is 1. The van der Waals surface area contributed by atoms with Crippen LogP contribution in [0.4, 0.5) is 18.9 Å². The topological polar surface area (TPSA) is 40.6 Å². The van der Waals surface area contributed by atoms with Crippen molar-refractivity contribution < 1.29 is 22.8 Å². The van der Waals surface area contributed by atoms with Crippen LogP contribution >= 0.6 is 11.8 Å². The van der Waals surface area contributed by atoms with E-state index in [9.17, 15) is 22.8 Å². The molecule has 2 aromatic carbocycles. The summed E-state index contributed by atoms with van der Waals surface area (Å²) in [6, 6.07) is 12.8. The lowest BCUT2D eigenvalue weighted by atomic mass is 10.1. The molecular formula is C21H21F3N2O2S. The van der Waals surface area contributed by atoms with Crippen molar-refractivity contribution in [1.82, 2.24) is 4.90 Å². The second-order valence-electron chi connectivity index (χ2n) is 6.77. The molecule has 0 aliphatic carbocycles. The van der Waals surface area contributed by atoms with Crippen LogP contribution in [0.15, 0.2) is 53.4 Å². The number of hydrogen-bond donors (Lipinski definition) is 0. The Morgan fingerprint density at radius 2 is 1.76 bits per heavy atom. The van der Waals surface area contributed by atoms with Crippen LogP contribution in [0.5, 0.6) is 0 Å². The number of amides is 2. The molecule has 1 heterocycles. The van der Waals surface area contributed by atoms with Gasteiger partial charge in [-0.2, -0.15) is 13.2 Å². The van der Waals surface area contributed by atoms with Crippen LogP contribution in [0.1, 0.15) is 24.0 Å². The molecule has 1 aliphatic rings. The molecule has 3 rings (SSSR count). The van der Waals surface area contributed by atoms with Gasteiger partial charge in [-0.05, 0) is 23.8 Å². The fourth-order valence-electron chi connectivity index (χ4n) is 3.25. The van der Waals surface area contributed by atoms with Gasteiger partial charge in [0, 0.05) is 43.6 Å². The summed E-state index contributed by atoms with van der Waals surface area (Å²) in [4.78, 5) is 29.0. The van der Waals surface area contributed by atoms with Crippen molar-refractivity contribution >= 4 is 29.3 Å².